The van der Waals surface area contributed by atoms with Crippen molar-refractivity contribution in [3.8, 4) is 23.9 Å². The van der Waals surface area contributed by atoms with Crippen molar-refractivity contribution in [3.05, 3.63) is 0 Å². The molecule has 0 aliphatic rings. The van der Waals surface area contributed by atoms with Crippen LogP contribution in [0.5, 0.6) is 0 Å². The van der Waals surface area contributed by atoms with E-state index < -0.39 is 0 Å². The molecule has 1 nitrogen and oxygen atoms in total. The van der Waals surface area contributed by atoms with Crippen LogP contribution in [0.2, 0.25) is 0 Å². The third-order valence-corrected chi connectivity index (χ3v) is 1.56. The van der Waals surface area contributed by atoms with E-state index in [1.165, 1.54) is 0 Å². The second kappa shape index (κ2) is 5.51. The van der Waals surface area contributed by atoms with Gasteiger partial charge in [0.25, 0.3) is 0 Å². The van der Waals surface area contributed by atoms with Gasteiger partial charge in [-0.05, 0) is 0 Å². The highest BCUT2D eigenvalue weighted by Crippen LogP contribution is 1.42. The van der Waals surface area contributed by atoms with Crippen LogP contribution < -0.4 is 4.65 Å². The monoisotopic (exact) mass is 121 g/mol. The molecule has 0 spiro atoms. The van der Waals surface area contributed by atoms with Crippen LogP contribution in [0, 0.1) is 23.9 Å². The van der Waals surface area contributed by atoms with Crippen molar-refractivity contribution in [2.75, 3.05) is 0 Å². The van der Waals surface area contributed by atoms with E-state index in [0.29, 0.717) is 19.4 Å². The molecular weight excluding hydrogens is 118 g/mol. The smallest absolute Gasteiger partial charge is 0.238 e. The molecule has 32 valence electrons. The van der Waals surface area contributed by atoms with Gasteiger partial charge in [0.1, 0.15) is 0 Å². The van der Waals surface area contributed by atoms with Crippen LogP contribution in [0.4, 0.5) is 0 Å². The molecule has 0 bridgehead atoms. The van der Waals surface area contributed by atoms with E-state index in [1.807, 2.05) is 0 Å². The summed E-state index contributed by atoms with van der Waals surface area (Å²) in [6.07, 6.45) is 9.81. The number of hydrogen-bond donors (Lipinski definition) is 1. The molecule has 0 saturated heterocycles. The van der Waals surface area contributed by atoms with Gasteiger partial charge in [-0.2, -0.15) is 0 Å². The summed E-state index contributed by atoms with van der Waals surface area (Å²) in [7, 11) is 0.739. The molecule has 3 heteroatoms. The molecule has 0 heterocycles. The Bertz CT molecular complexity index is 93.8. The van der Waals surface area contributed by atoms with Crippen LogP contribution in [0.25, 0.3) is 0 Å². The van der Waals surface area contributed by atoms with E-state index in [1.54, 1.807) is 0 Å². The Hall–Kier alpha value is -0.486. The maximum absolute atomic E-state index is 4.90. The highest BCUT2D eigenvalue weighted by atomic mass is 28.3. The molecule has 0 aromatic heterocycles. The minimum atomic E-state index is 0.369. The van der Waals surface area contributed by atoms with Gasteiger partial charge in [0.05, 0.1) is 0 Å². The average molecular weight is 121 g/mol. The first kappa shape index (κ1) is 6.51. The summed E-state index contributed by atoms with van der Waals surface area (Å²) in [6, 6.07) is 0. The van der Waals surface area contributed by atoms with Crippen molar-refractivity contribution in [3.63, 3.8) is 0 Å². The Morgan fingerprint density at radius 1 is 1.14 bits per heavy atom. The lowest BCUT2D eigenvalue weighted by Gasteiger charge is -1.80. The maximum Gasteiger partial charge on any atom is 0.238 e. The van der Waals surface area contributed by atoms with Gasteiger partial charge in [-0.15, -0.1) is 23.9 Å². The van der Waals surface area contributed by atoms with Crippen LogP contribution >= 0.6 is 0 Å². The topological polar surface area (TPSA) is 12.0 Å². The third kappa shape index (κ3) is 5.51. The quantitative estimate of drug-likeness (QED) is 0.281. The van der Waals surface area contributed by atoms with Crippen molar-refractivity contribution in [1.82, 2.24) is 4.65 Å². The summed E-state index contributed by atoms with van der Waals surface area (Å²) < 4.78 is 2.87. The minimum absolute atomic E-state index is 0.369. The lowest BCUT2D eigenvalue weighted by Crippen LogP contribution is -2.20. The van der Waals surface area contributed by atoms with Gasteiger partial charge in [0.2, 0.25) is 19.4 Å². The molecule has 4 radical (unpaired) electrons. The molecule has 0 amide bonds. The Balaban J connectivity index is 2.77. The van der Waals surface area contributed by atoms with E-state index in [2.05, 4.69) is 15.7 Å². The predicted octanol–water partition coefficient (Wildman–Crippen LogP) is -1.00. The lowest BCUT2D eigenvalue weighted by atomic mass is 11.4. The summed E-state index contributed by atoms with van der Waals surface area (Å²) >= 11 is 0. The Morgan fingerprint density at radius 2 is 1.57 bits per heavy atom. The minimum Gasteiger partial charge on any atom is -0.342 e. The number of hydrogen-bond acceptors (Lipinski definition) is 1. The van der Waals surface area contributed by atoms with Crippen LogP contribution in [-0.2, 0) is 0 Å². The van der Waals surface area contributed by atoms with Gasteiger partial charge in [-0.25, -0.2) is 0 Å². The largest absolute Gasteiger partial charge is 0.342 e. The molecule has 0 unspecified atom stereocenters. The molecule has 0 atom stereocenters. The number of terminal acetylenes is 2. The predicted molar refractivity (Wildman–Crippen MR) is 32.3 cm³/mol. The van der Waals surface area contributed by atoms with Gasteiger partial charge in [0, 0.05) is 0 Å². The zero-order valence-electron chi connectivity index (χ0n) is 3.65. The summed E-state index contributed by atoms with van der Waals surface area (Å²) in [4.78, 5) is 0. The second-order valence-corrected chi connectivity index (χ2v) is 2.74. The van der Waals surface area contributed by atoms with Gasteiger partial charge in [0.15, 0.2) is 0 Å². The van der Waals surface area contributed by atoms with E-state index >= 15 is 0 Å². The van der Waals surface area contributed by atoms with Crippen molar-refractivity contribution in [2.45, 2.75) is 0 Å². The van der Waals surface area contributed by atoms with Crippen molar-refractivity contribution in [2.24, 2.45) is 0 Å². The molecule has 0 aliphatic heterocycles. The second-order valence-electron chi connectivity index (χ2n) is 0.664. The molecule has 0 fully saturated rings. The summed E-state index contributed by atoms with van der Waals surface area (Å²) in [5, 5.41) is 0. The fourth-order valence-corrected chi connectivity index (χ4v) is 0.931. The van der Waals surface area contributed by atoms with Crippen molar-refractivity contribution in [1.29, 1.82) is 0 Å². The van der Waals surface area contributed by atoms with Gasteiger partial charge in [-0.1, -0.05) is 0 Å². The first-order chi connectivity index (χ1) is 3.41. The molecule has 0 aromatic rings. The van der Waals surface area contributed by atoms with Gasteiger partial charge < -0.3 is 4.65 Å². The lowest BCUT2D eigenvalue weighted by molar-refractivity contribution is 1.63. The molecule has 0 aromatic carbocycles. The third-order valence-electron chi connectivity index (χ3n) is 0.269. The first-order valence-corrected chi connectivity index (χ1v) is 3.58. The summed E-state index contributed by atoms with van der Waals surface area (Å²) in [5.74, 6) is 0. The molecule has 7 heavy (non-hydrogen) atoms. The van der Waals surface area contributed by atoms with Crippen LogP contribution in [0.15, 0.2) is 0 Å². The Kier molecular flexibility index (Phi) is 5.13. The van der Waals surface area contributed by atoms with Crippen molar-refractivity contribution < 1.29 is 0 Å². The molecule has 0 aliphatic carbocycles. The van der Waals surface area contributed by atoms with Crippen LogP contribution in [0.1, 0.15) is 0 Å². The molecule has 0 rings (SSSR count). The fraction of sp³-hybridized carbons (Fsp3) is 0. The zero-order valence-corrected chi connectivity index (χ0v) is 5.65. The van der Waals surface area contributed by atoms with Crippen molar-refractivity contribution >= 4 is 19.4 Å². The average Bonchev–Trinajstić information content (AvgIpc) is 1.69. The molecule has 1 N–H and O–H groups in total. The Labute approximate surface area is 48.7 Å². The summed E-state index contributed by atoms with van der Waals surface area (Å²) in [6.45, 7) is 0. The standard InChI is InChI=1S/C4H3NSi2/c1-3-6-5-7-4-2/h1-2,5H. The molecular formula is C4H3NSi2. The normalized spacial score (nSPS) is 6.57. The first-order valence-electron chi connectivity index (χ1n) is 1.58. The SMILES string of the molecule is C#C[Si]N[Si]C#C. The number of rotatable bonds is 2. The summed E-state index contributed by atoms with van der Waals surface area (Å²) in [5.41, 5.74) is 4.86. The highest BCUT2D eigenvalue weighted by Gasteiger charge is 1.77. The van der Waals surface area contributed by atoms with Crippen LogP contribution in [-0.4, -0.2) is 19.4 Å². The van der Waals surface area contributed by atoms with E-state index in [9.17, 15) is 0 Å². The zero-order chi connectivity index (χ0) is 5.54. The van der Waals surface area contributed by atoms with Gasteiger partial charge in [-0.3, -0.25) is 0 Å². The fourth-order valence-electron chi connectivity index (χ4n) is 0.103. The number of nitrogens with one attached hydrogen (secondary N) is 1. The van der Waals surface area contributed by atoms with Gasteiger partial charge >= 0.3 is 0 Å². The van der Waals surface area contributed by atoms with Crippen LogP contribution in [0.3, 0.4) is 0 Å². The van der Waals surface area contributed by atoms with E-state index in [-0.39, 0.29) is 0 Å². The Morgan fingerprint density at radius 3 is 1.86 bits per heavy atom. The molecule has 0 saturated carbocycles. The van der Waals surface area contributed by atoms with E-state index in [0.717, 1.165) is 0 Å². The van der Waals surface area contributed by atoms with E-state index in [4.69, 9.17) is 12.8 Å². The maximum atomic E-state index is 4.90. The highest BCUT2D eigenvalue weighted by molar-refractivity contribution is 6.60.